The predicted molar refractivity (Wildman–Crippen MR) is 126 cm³/mol. The molecule has 1 saturated heterocycles. The number of fused-ring (bicyclic) bond motifs is 1. The van der Waals surface area contributed by atoms with E-state index < -0.39 is 5.97 Å². The van der Waals surface area contributed by atoms with Crippen LogP contribution in [0.5, 0.6) is 0 Å². The first-order valence-corrected chi connectivity index (χ1v) is 12.1. The Hall–Kier alpha value is -3.66. The molecule has 174 valence electrons. The van der Waals surface area contributed by atoms with Gasteiger partial charge < -0.3 is 14.1 Å². The number of nitrogens with zero attached hydrogens (tertiary/aromatic N) is 5. The summed E-state index contributed by atoms with van der Waals surface area (Å²) >= 11 is 1.42. The normalized spacial score (nSPS) is 13.7. The quantitative estimate of drug-likeness (QED) is 0.277. The van der Waals surface area contributed by atoms with Gasteiger partial charge in [0, 0.05) is 35.9 Å². The van der Waals surface area contributed by atoms with Crippen molar-refractivity contribution in [1.82, 2.24) is 24.6 Å². The monoisotopic (exact) mass is 477 g/mol. The number of para-hydroxylation sites is 1. The molecule has 10 heteroatoms. The molecule has 0 N–H and O–H groups in total. The lowest BCUT2D eigenvalue weighted by molar-refractivity contribution is -0.128. The van der Waals surface area contributed by atoms with E-state index >= 15 is 0 Å². The van der Waals surface area contributed by atoms with Crippen molar-refractivity contribution in [3.8, 4) is 5.82 Å². The van der Waals surface area contributed by atoms with E-state index in [1.807, 2.05) is 47.0 Å². The number of hydrogen-bond acceptors (Lipinski definition) is 8. The molecule has 0 saturated carbocycles. The molecular formula is C24H23N5O4S. The van der Waals surface area contributed by atoms with Gasteiger partial charge in [-0.1, -0.05) is 36.0 Å². The number of rotatable bonds is 8. The molecule has 0 atom stereocenters. The summed E-state index contributed by atoms with van der Waals surface area (Å²) in [5.74, 6) is 1.54. The Morgan fingerprint density at radius 2 is 2.03 bits per heavy atom. The van der Waals surface area contributed by atoms with Gasteiger partial charge in [0.2, 0.25) is 11.7 Å². The summed E-state index contributed by atoms with van der Waals surface area (Å²) in [6.07, 6.45) is 3.11. The van der Waals surface area contributed by atoms with E-state index in [1.54, 1.807) is 18.0 Å². The molecule has 0 radical (unpaired) electrons. The van der Waals surface area contributed by atoms with Crippen LogP contribution in [0.2, 0.25) is 0 Å². The highest BCUT2D eigenvalue weighted by Crippen LogP contribution is 2.33. The van der Waals surface area contributed by atoms with Gasteiger partial charge in [-0.2, -0.15) is 0 Å². The van der Waals surface area contributed by atoms with Crippen LogP contribution < -0.4 is 0 Å². The molecule has 0 unspecified atom stereocenters. The van der Waals surface area contributed by atoms with E-state index in [9.17, 15) is 9.59 Å². The zero-order valence-electron chi connectivity index (χ0n) is 18.6. The molecule has 1 aromatic carbocycles. The number of likely N-dealkylation sites (tertiary alicyclic amines) is 1. The zero-order valence-corrected chi connectivity index (χ0v) is 19.5. The van der Waals surface area contributed by atoms with E-state index in [4.69, 9.17) is 9.15 Å². The topological polar surface area (TPSA) is 103 Å². The van der Waals surface area contributed by atoms with Gasteiger partial charge in [0.1, 0.15) is 11.4 Å². The van der Waals surface area contributed by atoms with Gasteiger partial charge in [0.25, 0.3) is 0 Å². The molecule has 9 nitrogen and oxygen atoms in total. The highest BCUT2D eigenvalue weighted by atomic mass is 32.2. The van der Waals surface area contributed by atoms with Crippen molar-refractivity contribution in [3.63, 3.8) is 0 Å². The Morgan fingerprint density at radius 3 is 2.79 bits per heavy atom. The second-order valence-corrected chi connectivity index (χ2v) is 8.70. The van der Waals surface area contributed by atoms with Crippen LogP contribution in [0.15, 0.2) is 58.2 Å². The van der Waals surface area contributed by atoms with Crippen LogP contribution in [-0.2, 0) is 21.8 Å². The van der Waals surface area contributed by atoms with Crippen molar-refractivity contribution in [2.45, 2.75) is 37.2 Å². The Kier molecular flexibility index (Phi) is 6.31. The maximum atomic E-state index is 12.6. The molecule has 1 amide bonds. The van der Waals surface area contributed by atoms with Crippen molar-refractivity contribution in [2.24, 2.45) is 0 Å². The number of ether oxygens (including phenoxy) is 1. The average molecular weight is 478 g/mol. The van der Waals surface area contributed by atoms with Crippen LogP contribution in [-0.4, -0.2) is 49.7 Å². The number of furan rings is 1. The lowest BCUT2D eigenvalue weighted by atomic mass is 10.1. The van der Waals surface area contributed by atoms with Crippen LogP contribution in [0.25, 0.3) is 16.8 Å². The first kappa shape index (κ1) is 22.1. The number of amides is 1. The second kappa shape index (κ2) is 9.68. The number of aromatic nitrogens is 4. The first-order chi connectivity index (χ1) is 16.7. The van der Waals surface area contributed by atoms with Crippen molar-refractivity contribution >= 4 is 34.6 Å². The Bertz CT molecular complexity index is 1330. The summed E-state index contributed by atoms with van der Waals surface area (Å²) in [7, 11) is 0. The van der Waals surface area contributed by atoms with Gasteiger partial charge in [-0.25, -0.2) is 9.78 Å². The van der Waals surface area contributed by atoms with Crippen LogP contribution in [0.3, 0.4) is 0 Å². The molecule has 4 heterocycles. The molecule has 0 aliphatic carbocycles. The number of hydrogen-bond donors (Lipinski definition) is 0. The lowest BCUT2D eigenvalue weighted by Gasteiger charge is -2.16. The molecule has 1 aliphatic rings. The molecule has 34 heavy (non-hydrogen) atoms. The summed E-state index contributed by atoms with van der Waals surface area (Å²) in [5, 5.41) is 10.2. The highest BCUT2D eigenvalue weighted by molar-refractivity contribution is 7.98. The summed E-state index contributed by atoms with van der Waals surface area (Å²) in [6.45, 7) is 3.10. The number of pyridine rings is 1. The van der Waals surface area contributed by atoms with Crippen molar-refractivity contribution in [1.29, 1.82) is 0 Å². The fourth-order valence-electron chi connectivity index (χ4n) is 3.99. The van der Waals surface area contributed by atoms with Gasteiger partial charge in [0.15, 0.2) is 11.0 Å². The highest BCUT2D eigenvalue weighted by Gasteiger charge is 2.26. The number of carbonyl (C=O) groups excluding carboxylic acids is 2. The minimum atomic E-state index is -0.492. The first-order valence-electron chi connectivity index (χ1n) is 11.1. The van der Waals surface area contributed by atoms with E-state index in [2.05, 4.69) is 15.2 Å². The minimum absolute atomic E-state index is 0.119. The van der Waals surface area contributed by atoms with Gasteiger partial charge in [-0.15, -0.1) is 10.2 Å². The molecule has 1 fully saturated rings. The second-order valence-electron chi connectivity index (χ2n) is 7.76. The SMILES string of the molecule is CCOC(=O)c1oc2ccccc2c1CSc1nnc(CN2CCCC2=O)n1-c1ccccn1. The maximum absolute atomic E-state index is 12.6. The Balaban J connectivity index is 1.49. The third-order valence-corrected chi connectivity index (χ3v) is 6.54. The smallest absolute Gasteiger partial charge is 0.374 e. The standard InChI is InChI=1S/C24H23N5O4S/c1-2-32-23(31)22-17(16-8-3-4-9-18(16)33-22)15-34-24-27-26-20(14-28-13-7-11-21(28)30)29(24)19-10-5-6-12-25-19/h3-6,8-10,12H,2,7,11,13-15H2,1H3. The van der Waals surface area contributed by atoms with Crippen molar-refractivity contribution in [2.75, 3.05) is 13.2 Å². The van der Waals surface area contributed by atoms with E-state index in [-0.39, 0.29) is 18.3 Å². The Labute approximate surface area is 200 Å². The molecular weight excluding hydrogens is 454 g/mol. The van der Waals surface area contributed by atoms with Crippen LogP contribution in [0.1, 0.15) is 41.7 Å². The Morgan fingerprint density at radius 1 is 1.18 bits per heavy atom. The molecule has 4 aromatic rings. The molecule has 1 aliphatic heterocycles. The minimum Gasteiger partial charge on any atom is -0.460 e. The molecule has 0 spiro atoms. The van der Waals surface area contributed by atoms with Gasteiger partial charge in [-0.3, -0.25) is 9.36 Å². The average Bonchev–Trinajstić information content (AvgIpc) is 3.56. The maximum Gasteiger partial charge on any atom is 0.374 e. The molecule has 5 rings (SSSR count). The van der Waals surface area contributed by atoms with Crippen molar-refractivity contribution < 1.29 is 18.7 Å². The predicted octanol–water partition coefficient (Wildman–Crippen LogP) is 4.00. The molecule has 3 aromatic heterocycles. The van der Waals surface area contributed by atoms with Gasteiger partial charge >= 0.3 is 5.97 Å². The van der Waals surface area contributed by atoms with Gasteiger partial charge in [-0.05, 0) is 31.5 Å². The number of carbonyl (C=O) groups is 2. The van der Waals surface area contributed by atoms with E-state index in [0.29, 0.717) is 47.6 Å². The summed E-state index contributed by atoms with van der Waals surface area (Å²) in [6, 6.07) is 13.1. The number of benzene rings is 1. The summed E-state index contributed by atoms with van der Waals surface area (Å²) < 4.78 is 12.9. The van der Waals surface area contributed by atoms with Crippen molar-refractivity contribution in [3.05, 3.63) is 65.8 Å². The summed E-state index contributed by atoms with van der Waals surface area (Å²) in [4.78, 5) is 31.0. The molecule has 0 bridgehead atoms. The lowest BCUT2D eigenvalue weighted by Crippen LogP contribution is -2.25. The van der Waals surface area contributed by atoms with Crippen LogP contribution in [0.4, 0.5) is 0 Å². The van der Waals surface area contributed by atoms with Crippen LogP contribution in [0, 0.1) is 0 Å². The van der Waals surface area contributed by atoms with E-state index in [1.165, 1.54) is 11.8 Å². The largest absolute Gasteiger partial charge is 0.460 e. The zero-order chi connectivity index (χ0) is 23.5. The third-order valence-electron chi connectivity index (χ3n) is 5.59. The fourth-order valence-corrected chi connectivity index (χ4v) is 4.98. The third kappa shape index (κ3) is 4.28. The number of esters is 1. The summed E-state index contributed by atoms with van der Waals surface area (Å²) in [5.41, 5.74) is 1.37. The fraction of sp³-hybridized carbons (Fsp3) is 0.292. The van der Waals surface area contributed by atoms with Crippen LogP contribution >= 0.6 is 11.8 Å². The van der Waals surface area contributed by atoms with Gasteiger partial charge in [0.05, 0.1) is 13.2 Å². The number of thioether (sulfide) groups is 1. The van der Waals surface area contributed by atoms with E-state index in [0.717, 1.165) is 17.4 Å².